The van der Waals surface area contributed by atoms with Crippen molar-refractivity contribution in [2.75, 3.05) is 32.9 Å². The molecule has 2 heterocycles. The van der Waals surface area contributed by atoms with Crippen LogP contribution in [0.25, 0.3) is 0 Å². The number of aliphatic hydroxyl groups is 1. The number of fused-ring (bicyclic) bond motifs is 1. The summed E-state index contributed by atoms with van der Waals surface area (Å²) in [6.07, 6.45) is 0.989. The molecule has 2 aliphatic rings. The molecule has 120 valence electrons. The predicted octanol–water partition coefficient (Wildman–Crippen LogP) is 1.53. The van der Waals surface area contributed by atoms with Gasteiger partial charge in [-0.1, -0.05) is 12.1 Å². The molecule has 0 aromatic heterocycles. The van der Waals surface area contributed by atoms with Crippen molar-refractivity contribution in [2.24, 2.45) is 11.3 Å². The van der Waals surface area contributed by atoms with Crippen LogP contribution in [0, 0.1) is 24.1 Å². The summed E-state index contributed by atoms with van der Waals surface area (Å²) in [5.74, 6) is -0.0870. The van der Waals surface area contributed by atoms with Gasteiger partial charge in [-0.05, 0) is 30.5 Å². The lowest BCUT2D eigenvalue weighted by Crippen LogP contribution is -2.41. The molecule has 5 heteroatoms. The molecule has 2 fully saturated rings. The average molecular weight is 307 g/mol. The van der Waals surface area contributed by atoms with Crippen molar-refractivity contribution in [1.29, 1.82) is 0 Å². The lowest BCUT2D eigenvalue weighted by Gasteiger charge is -2.36. The van der Waals surface area contributed by atoms with Gasteiger partial charge in [0.05, 0.1) is 19.6 Å². The maximum atomic E-state index is 13.6. The van der Waals surface area contributed by atoms with E-state index >= 15 is 0 Å². The minimum absolute atomic E-state index is 0.00882. The Morgan fingerprint density at radius 2 is 2.36 bits per heavy atom. The molecule has 1 N–H and O–H groups in total. The van der Waals surface area contributed by atoms with Crippen LogP contribution in [0.3, 0.4) is 0 Å². The number of benzene rings is 1. The zero-order valence-corrected chi connectivity index (χ0v) is 12.8. The van der Waals surface area contributed by atoms with Crippen molar-refractivity contribution in [3.63, 3.8) is 0 Å². The first-order valence-electron chi connectivity index (χ1n) is 7.75. The molecule has 1 aromatic rings. The topological polar surface area (TPSA) is 49.8 Å². The minimum Gasteiger partial charge on any atom is -0.396 e. The molecule has 0 spiro atoms. The van der Waals surface area contributed by atoms with Gasteiger partial charge in [-0.2, -0.15) is 0 Å². The van der Waals surface area contributed by atoms with E-state index in [4.69, 9.17) is 4.74 Å². The van der Waals surface area contributed by atoms with E-state index in [0.717, 1.165) is 6.42 Å². The van der Waals surface area contributed by atoms with Gasteiger partial charge in [-0.25, -0.2) is 4.39 Å². The van der Waals surface area contributed by atoms with Gasteiger partial charge in [-0.3, -0.25) is 4.79 Å². The fourth-order valence-corrected chi connectivity index (χ4v) is 3.53. The Balaban J connectivity index is 1.69. The lowest BCUT2D eigenvalue weighted by molar-refractivity contribution is -0.130. The highest BCUT2D eigenvalue weighted by atomic mass is 19.1. The van der Waals surface area contributed by atoms with Gasteiger partial charge in [0.15, 0.2) is 0 Å². The van der Waals surface area contributed by atoms with Gasteiger partial charge in [0.25, 0.3) is 0 Å². The van der Waals surface area contributed by atoms with E-state index in [2.05, 4.69) is 0 Å². The van der Waals surface area contributed by atoms with E-state index < -0.39 is 0 Å². The van der Waals surface area contributed by atoms with Gasteiger partial charge in [0.2, 0.25) is 5.91 Å². The van der Waals surface area contributed by atoms with Gasteiger partial charge in [-0.15, -0.1) is 0 Å². The van der Waals surface area contributed by atoms with Crippen molar-refractivity contribution in [1.82, 2.24) is 4.90 Å². The van der Waals surface area contributed by atoms with Crippen molar-refractivity contribution in [2.45, 2.75) is 19.8 Å². The molecule has 1 amide bonds. The third-order valence-electron chi connectivity index (χ3n) is 5.14. The average Bonchev–Trinajstić information content (AvgIpc) is 2.91. The molecule has 2 saturated heterocycles. The van der Waals surface area contributed by atoms with Crippen molar-refractivity contribution >= 4 is 5.91 Å². The number of aliphatic hydroxyl groups excluding tert-OH is 1. The smallest absolute Gasteiger partial charge is 0.227 e. The third kappa shape index (κ3) is 2.75. The maximum absolute atomic E-state index is 13.6. The van der Waals surface area contributed by atoms with Crippen molar-refractivity contribution < 1.29 is 19.0 Å². The molecule has 2 aliphatic heterocycles. The quantitative estimate of drug-likeness (QED) is 0.921. The maximum Gasteiger partial charge on any atom is 0.227 e. The zero-order chi connectivity index (χ0) is 15.7. The van der Waals surface area contributed by atoms with Crippen LogP contribution in [0.1, 0.15) is 17.5 Å². The van der Waals surface area contributed by atoms with Crippen LogP contribution in [-0.4, -0.2) is 48.8 Å². The molecule has 22 heavy (non-hydrogen) atoms. The third-order valence-corrected chi connectivity index (χ3v) is 5.14. The number of amides is 1. The first kappa shape index (κ1) is 15.4. The normalized spacial score (nSPS) is 27.8. The van der Waals surface area contributed by atoms with Crippen LogP contribution in [0.2, 0.25) is 0 Å². The van der Waals surface area contributed by atoms with Crippen LogP contribution in [0.5, 0.6) is 0 Å². The first-order valence-corrected chi connectivity index (χ1v) is 7.75. The van der Waals surface area contributed by atoms with Gasteiger partial charge < -0.3 is 14.7 Å². The molecular formula is C17H22FNO3. The summed E-state index contributed by atoms with van der Waals surface area (Å²) in [5.41, 5.74) is 1.06. The van der Waals surface area contributed by atoms with E-state index in [0.29, 0.717) is 37.4 Å². The monoisotopic (exact) mass is 307 g/mol. The number of nitrogens with zero attached hydrogens (tertiary/aromatic N) is 1. The van der Waals surface area contributed by atoms with Crippen LogP contribution >= 0.6 is 0 Å². The number of hydrogen-bond acceptors (Lipinski definition) is 3. The second-order valence-corrected chi connectivity index (χ2v) is 6.58. The van der Waals surface area contributed by atoms with Gasteiger partial charge in [0.1, 0.15) is 5.82 Å². The highest BCUT2D eigenvalue weighted by Gasteiger charge is 2.49. The summed E-state index contributed by atoms with van der Waals surface area (Å²) in [4.78, 5) is 14.3. The largest absolute Gasteiger partial charge is 0.396 e. The molecule has 0 saturated carbocycles. The summed E-state index contributed by atoms with van der Waals surface area (Å²) < 4.78 is 19.1. The first-order chi connectivity index (χ1) is 10.5. The summed E-state index contributed by atoms with van der Waals surface area (Å²) in [5, 5.41) is 9.77. The Morgan fingerprint density at radius 1 is 1.55 bits per heavy atom. The molecule has 2 atom stereocenters. The highest BCUT2D eigenvalue weighted by Crippen LogP contribution is 2.41. The number of aryl methyl sites for hydroxylation is 1. The molecule has 3 rings (SSSR count). The van der Waals surface area contributed by atoms with E-state index in [1.165, 1.54) is 6.07 Å². The van der Waals surface area contributed by atoms with Crippen LogP contribution in [0.4, 0.5) is 4.39 Å². The van der Waals surface area contributed by atoms with E-state index in [9.17, 15) is 14.3 Å². The number of ether oxygens (including phenoxy) is 1. The van der Waals surface area contributed by atoms with E-state index in [1.807, 2.05) is 0 Å². The standard InChI is InChI=1S/C17H22FNO3/c1-12-2-3-13(6-15(12)18)7-16(21)19-8-14-9-22-5-4-17(14,10-19)11-20/h2-3,6,14,20H,4-5,7-11H2,1H3/t14-,17-/m1/s1. The van der Waals surface area contributed by atoms with Gasteiger partial charge >= 0.3 is 0 Å². The molecule has 1 aromatic carbocycles. The molecule has 0 aliphatic carbocycles. The Labute approximate surface area is 129 Å². The van der Waals surface area contributed by atoms with Crippen molar-refractivity contribution in [3.8, 4) is 0 Å². The summed E-state index contributed by atoms with van der Waals surface area (Å²) in [6, 6.07) is 4.93. The van der Waals surface area contributed by atoms with E-state index in [1.54, 1.807) is 24.0 Å². The fraction of sp³-hybridized carbons (Fsp3) is 0.588. The molecule has 4 nitrogen and oxygen atoms in total. The fourth-order valence-electron chi connectivity index (χ4n) is 3.53. The Morgan fingerprint density at radius 3 is 3.05 bits per heavy atom. The second kappa shape index (κ2) is 5.97. The van der Waals surface area contributed by atoms with E-state index in [-0.39, 0.29) is 36.1 Å². The molecule has 0 bridgehead atoms. The number of hydrogen-bond donors (Lipinski definition) is 1. The number of likely N-dealkylation sites (tertiary alicyclic amines) is 1. The van der Waals surface area contributed by atoms with Crippen LogP contribution in [-0.2, 0) is 16.0 Å². The minimum atomic E-state index is -0.277. The second-order valence-electron chi connectivity index (χ2n) is 6.58. The molecule has 0 unspecified atom stereocenters. The zero-order valence-electron chi connectivity index (χ0n) is 12.8. The Bertz CT molecular complexity index is 577. The highest BCUT2D eigenvalue weighted by molar-refractivity contribution is 5.79. The summed E-state index contributed by atoms with van der Waals surface area (Å²) >= 11 is 0. The molecule has 0 radical (unpaired) electrons. The summed E-state index contributed by atoms with van der Waals surface area (Å²) in [6.45, 7) is 4.23. The SMILES string of the molecule is Cc1ccc(CC(=O)N2C[C@@H]3COCC[C@]3(CO)C2)cc1F. The Hall–Kier alpha value is -1.46. The number of rotatable bonds is 3. The van der Waals surface area contributed by atoms with Crippen LogP contribution in [0.15, 0.2) is 18.2 Å². The van der Waals surface area contributed by atoms with Crippen LogP contribution < -0.4 is 0 Å². The summed E-state index contributed by atoms with van der Waals surface area (Å²) in [7, 11) is 0. The van der Waals surface area contributed by atoms with Crippen molar-refractivity contribution in [3.05, 3.63) is 35.1 Å². The number of carbonyl (C=O) groups excluding carboxylic acids is 1. The Kier molecular flexibility index (Phi) is 4.19. The number of halogens is 1. The predicted molar refractivity (Wildman–Crippen MR) is 79.9 cm³/mol. The lowest BCUT2D eigenvalue weighted by atomic mass is 9.75. The molecular weight excluding hydrogens is 285 g/mol. The number of carbonyl (C=O) groups is 1. The van der Waals surface area contributed by atoms with Gasteiger partial charge in [0, 0.05) is 31.0 Å².